The van der Waals surface area contributed by atoms with Gasteiger partial charge >= 0.3 is 11.9 Å². The largest absolute Gasteiger partial charge is 0.494 e. The maximum Gasteiger partial charge on any atom is 0.335 e. The highest BCUT2D eigenvalue weighted by Gasteiger charge is 2.04. The average molecular weight is 358 g/mol. The van der Waals surface area contributed by atoms with E-state index in [4.69, 9.17) is 19.7 Å². The molecule has 0 radical (unpaired) electrons. The van der Waals surface area contributed by atoms with Crippen molar-refractivity contribution in [1.29, 1.82) is 0 Å². The summed E-state index contributed by atoms with van der Waals surface area (Å²) in [6.45, 7) is 1.06. The predicted octanol–water partition coefficient (Wildman–Crippen LogP) is 4.10. The zero-order chi connectivity index (χ0) is 18.8. The SMILES string of the molecule is O=C(O)c1cccc(OCCCCCCOc2cccc(C(=O)O)c2)c1. The first-order valence-corrected chi connectivity index (χ1v) is 8.48. The summed E-state index contributed by atoms with van der Waals surface area (Å²) in [7, 11) is 0. The number of ether oxygens (including phenoxy) is 2. The maximum atomic E-state index is 10.9. The van der Waals surface area contributed by atoms with Crippen molar-refractivity contribution in [2.75, 3.05) is 13.2 Å². The first-order chi connectivity index (χ1) is 12.6. The fourth-order valence-electron chi connectivity index (χ4n) is 2.38. The molecule has 0 aliphatic rings. The van der Waals surface area contributed by atoms with E-state index in [0.29, 0.717) is 24.7 Å². The Kier molecular flexibility index (Phi) is 7.49. The van der Waals surface area contributed by atoms with Gasteiger partial charge in [-0.25, -0.2) is 9.59 Å². The van der Waals surface area contributed by atoms with Gasteiger partial charge in [-0.1, -0.05) is 12.1 Å². The van der Waals surface area contributed by atoms with Crippen molar-refractivity contribution in [2.45, 2.75) is 25.7 Å². The van der Waals surface area contributed by atoms with E-state index in [0.717, 1.165) is 25.7 Å². The van der Waals surface area contributed by atoms with E-state index in [1.807, 2.05) is 0 Å². The smallest absolute Gasteiger partial charge is 0.335 e. The van der Waals surface area contributed by atoms with Crippen molar-refractivity contribution in [3.8, 4) is 11.5 Å². The van der Waals surface area contributed by atoms with Crippen LogP contribution < -0.4 is 9.47 Å². The number of hydrogen-bond acceptors (Lipinski definition) is 4. The van der Waals surface area contributed by atoms with Gasteiger partial charge in [-0.3, -0.25) is 0 Å². The molecule has 0 unspecified atom stereocenters. The molecule has 26 heavy (non-hydrogen) atoms. The second kappa shape index (κ2) is 10.1. The number of benzene rings is 2. The van der Waals surface area contributed by atoms with Crippen LogP contribution in [0.3, 0.4) is 0 Å². The molecule has 0 atom stereocenters. The summed E-state index contributed by atoms with van der Waals surface area (Å²) in [6.07, 6.45) is 3.67. The Morgan fingerprint density at radius 2 is 1.12 bits per heavy atom. The molecule has 0 bridgehead atoms. The van der Waals surface area contributed by atoms with E-state index in [9.17, 15) is 9.59 Å². The van der Waals surface area contributed by atoms with Crippen LogP contribution in [-0.2, 0) is 0 Å². The molecule has 0 spiro atoms. The minimum Gasteiger partial charge on any atom is -0.494 e. The van der Waals surface area contributed by atoms with Crippen molar-refractivity contribution in [2.24, 2.45) is 0 Å². The van der Waals surface area contributed by atoms with Crippen LogP contribution in [0.15, 0.2) is 48.5 Å². The predicted molar refractivity (Wildman–Crippen MR) is 96.3 cm³/mol. The molecule has 0 aliphatic carbocycles. The Labute approximate surface area is 152 Å². The lowest BCUT2D eigenvalue weighted by Crippen LogP contribution is -2.02. The minimum absolute atomic E-state index is 0.214. The van der Waals surface area contributed by atoms with E-state index < -0.39 is 11.9 Å². The van der Waals surface area contributed by atoms with Gasteiger partial charge in [-0.15, -0.1) is 0 Å². The number of carboxylic acid groups (broad SMARTS) is 2. The molecule has 2 N–H and O–H groups in total. The molecule has 2 aromatic carbocycles. The molecule has 0 amide bonds. The van der Waals surface area contributed by atoms with Crippen LogP contribution in [0, 0.1) is 0 Å². The first kappa shape index (κ1) is 19.3. The Balaban J connectivity index is 1.57. The molecular weight excluding hydrogens is 336 g/mol. The van der Waals surface area contributed by atoms with Crippen LogP contribution in [-0.4, -0.2) is 35.4 Å². The van der Waals surface area contributed by atoms with Crippen molar-refractivity contribution in [3.05, 3.63) is 59.7 Å². The third-order valence-electron chi connectivity index (χ3n) is 3.74. The summed E-state index contributed by atoms with van der Waals surface area (Å²) >= 11 is 0. The zero-order valence-corrected chi connectivity index (χ0v) is 14.4. The molecule has 0 saturated carbocycles. The second-order valence-electron chi connectivity index (χ2n) is 5.78. The summed E-state index contributed by atoms with van der Waals surface area (Å²) in [5, 5.41) is 17.9. The lowest BCUT2D eigenvalue weighted by Gasteiger charge is -2.08. The van der Waals surface area contributed by atoms with Crippen molar-refractivity contribution >= 4 is 11.9 Å². The van der Waals surface area contributed by atoms with Crippen LogP contribution in [0.25, 0.3) is 0 Å². The summed E-state index contributed by atoms with van der Waals surface area (Å²) in [6, 6.07) is 12.9. The number of hydrogen-bond donors (Lipinski definition) is 2. The van der Waals surface area contributed by atoms with E-state index in [1.54, 1.807) is 24.3 Å². The number of carbonyl (C=O) groups is 2. The maximum absolute atomic E-state index is 10.9. The molecule has 0 aromatic heterocycles. The van der Waals surface area contributed by atoms with E-state index >= 15 is 0 Å². The van der Waals surface area contributed by atoms with Gasteiger partial charge in [0.25, 0.3) is 0 Å². The van der Waals surface area contributed by atoms with E-state index in [-0.39, 0.29) is 11.1 Å². The van der Waals surface area contributed by atoms with E-state index in [2.05, 4.69) is 0 Å². The van der Waals surface area contributed by atoms with Gasteiger partial charge in [-0.05, 0) is 62.1 Å². The molecule has 138 valence electrons. The molecule has 0 heterocycles. The van der Waals surface area contributed by atoms with Gasteiger partial charge in [0.2, 0.25) is 0 Å². The number of carboxylic acids is 2. The van der Waals surface area contributed by atoms with Crippen LogP contribution in [0.4, 0.5) is 0 Å². The normalized spacial score (nSPS) is 10.3. The number of rotatable bonds is 11. The third-order valence-corrected chi connectivity index (χ3v) is 3.74. The molecule has 2 aromatic rings. The molecule has 6 heteroatoms. The molecule has 0 saturated heterocycles. The summed E-state index contributed by atoms with van der Waals surface area (Å²) in [5.41, 5.74) is 0.429. The topological polar surface area (TPSA) is 93.1 Å². The van der Waals surface area contributed by atoms with Crippen molar-refractivity contribution in [3.63, 3.8) is 0 Å². The highest BCUT2D eigenvalue weighted by molar-refractivity contribution is 5.88. The lowest BCUT2D eigenvalue weighted by atomic mass is 10.2. The second-order valence-corrected chi connectivity index (χ2v) is 5.78. The summed E-state index contributed by atoms with van der Waals surface area (Å²) in [4.78, 5) is 21.8. The fraction of sp³-hybridized carbons (Fsp3) is 0.300. The Hall–Kier alpha value is -3.02. The van der Waals surface area contributed by atoms with Gasteiger partial charge in [0.05, 0.1) is 24.3 Å². The quantitative estimate of drug-likeness (QED) is 0.588. The highest BCUT2D eigenvalue weighted by Crippen LogP contribution is 2.15. The van der Waals surface area contributed by atoms with Crippen molar-refractivity contribution in [1.82, 2.24) is 0 Å². The molecule has 0 fully saturated rings. The first-order valence-electron chi connectivity index (χ1n) is 8.48. The molecule has 2 rings (SSSR count). The van der Waals surface area contributed by atoms with Gasteiger partial charge < -0.3 is 19.7 Å². The summed E-state index contributed by atoms with van der Waals surface area (Å²) in [5.74, 6) is -0.813. The Morgan fingerprint density at radius 1 is 0.692 bits per heavy atom. The molecular formula is C20H22O6. The zero-order valence-electron chi connectivity index (χ0n) is 14.4. The third kappa shape index (κ3) is 6.47. The Morgan fingerprint density at radius 3 is 1.50 bits per heavy atom. The lowest BCUT2D eigenvalue weighted by molar-refractivity contribution is 0.0685. The van der Waals surface area contributed by atoms with Crippen molar-refractivity contribution < 1.29 is 29.3 Å². The number of aromatic carboxylic acids is 2. The van der Waals surface area contributed by atoms with Crippen LogP contribution in [0.2, 0.25) is 0 Å². The van der Waals surface area contributed by atoms with Crippen LogP contribution in [0.1, 0.15) is 46.4 Å². The highest BCUT2D eigenvalue weighted by atomic mass is 16.5. The molecule has 6 nitrogen and oxygen atoms in total. The molecule has 0 aliphatic heterocycles. The van der Waals surface area contributed by atoms with E-state index in [1.165, 1.54) is 24.3 Å². The monoisotopic (exact) mass is 358 g/mol. The van der Waals surface area contributed by atoms with Crippen LogP contribution in [0.5, 0.6) is 11.5 Å². The standard InChI is InChI=1S/C20H22O6/c21-19(22)15-7-5-9-17(13-15)25-11-3-1-2-4-12-26-18-10-6-8-16(14-18)20(23)24/h5-10,13-14H,1-4,11-12H2,(H,21,22)(H,23,24). The van der Waals surface area contributed by atoms with Gasteiger partial charge in [0, 0.05) is 0 Å². The minimum atomic E-state index is -0.968. The Bertz CT molecular complexity index is 677. The van der Waals surface area contributed by atoms with Gasteiger partial charge in [0.15, 0.2) is 0 Å². The van der Waals surface area contributed by atoms with Crippen LogP contribution >= 0.6 is 0 Å². The summed E-state index contributed by atoms with van der Waals surface area (Å²) < 4.78 is 11.1. The number of unbranched alkanes of at least 4 members (excludes halogenated alkanes) is 3. The van der Waals surface area contributed by atoms with Gasteiger partial charge in [-0.2, -0.15) is 0 Å². The average Bonchev–Trinajstić information content (AvgIpc) is 2.64. The fourth-order valence-corrected chi connectivity index (χ4v) is 2.38. The van der Waals surface area contributed by atoms with Gasteiger partial charge in [0.1, 0.15) is 11.5 Å².